The third-order valence-electron chi connectivity index (χ3n) is 3.22. The molecule has 1 aliphatic rings. The van der Waals surface area contributed by atoms with Crippen LogP contribution < -0.4 is 10.6 Å². The highest BCUT2D eigenvalue weighted by Gasteiger charge is 2.31. The molecule has 2 unspecified atom stereocenters. The van der Waals surface area contributed by atoms with Crippen molar-refractivity contribution in [1.29, 1.82) is 5.26 Å². The average molecular weight is 235 g/mol. The van der Waals surface area contributed by atoms with Crippen molar-refractivity contribution in [3.8, 4) is 6.07 Å². The zero-order valence-corrected chi connectivity index (χ0v) is 10.1. The molecular weight excluding hydrogens is 218 g/mol. The second kappa shape index (κ2) is 4.26. The summed E-state index contributed by atoms with van der Waals surface area (Å²) in [6, 6.07) is 1.97. The number of aromatic nitrogens is 2. The van der Waals surface area contributed by atoms with E-state index in [1.54, 1.807) is 9.58 Å². The van der Waals surface area contributed by atoms with Crippen LogP contribution in [-0.4, -0.2) is 35.1 Å². The predicted molar refractivity (Wildman–Crippen MR) is 64.6 cm³/mol. The molecule has 0 spiro atoms. The molecule has 3 N–H and O–H groups in total. The number of nitriles is 1. The van der Waals surface area contributed by atoms with Crippen LogP contribution in [0.15, 0.2) is 0 Å². The van der Waals surface area contributed by atoms with E-state index in [0.717, 1.165) is 19.3 Å². The van der Waals surface area contributed by atoms with E-state index in [-0.39, 0.29) is 6.04 Å². The molecule has 1 heterocycles. The summed E-state index contributed by atoms with van der Waals surface area (Å²) in [5.74, 6) is 0.909. The van der Waals surface area contributed by atoms with Crippen molar-refractivity contribution in [3.63, 3.8) is 0 Å². The molecule has 6 nitrogen and oxygen atoms in total. The lowest BCUT2D eigenvalue weighted by Crippen LogP contribution is -2.21. The number of rotatable bonds is 2. The fourth-order valence-corrected chi connectivity index (χ4v) is 2.31. The summed E-state index contributed by atoms with van der Waals surface area (Å²) in [6.45, 7) is 0. The van der Waals surface area contributed by atoms with Gasteiger partial charge in [0.05, 0.1) is 12.1 Å². The lowest BCUT2D eigenvalue weighted by Gasteiger charge is -2.16. The summed E-state index contributed by atoms with van der Waals surface area (Å²) < 4.78 is 1.60. The van der Waals surface area contributed by atoms with Gasteiger partial charge in [-0.1, -0.05) is 0 Å². The molecule has 17 heavy (non-hydrogen) atoms. The molecule has 2 rings (SSSR count). The third kappa shape index (κ3) is 1.83. The van der Waals surface area contributed by atoms with Crippen LogP contribution in [0.1, 0.15) is 30.9 Å². The molecule has 0 radical (unpaired) electrons. The molecule has 1 aliphatic carbocycles. The first kappa shape index (κ1) is 11.7. The molecule has 0 bridgehead atoms. The monoisotopic (exact) mass is 235 g/mol. The summed E-state index contributed by atoms with van der Waals surface area (Å²) in [6.07, 6.45) is 2.16. The Morgan fingerprint density at radius 1 is 1.53 bits per heavy atom. The molecule has 1 aromatic rings. The van der Waals surface area contributed by atoms with Crippen molar-refractivity contribution in [1.82, 2.24) is 9.78 Å². The Morgan fingerprint density at radius 3 is 2.65 bits per heavy atom. The molecule has 0 saturated heterocycles. The summed E-state index contributed by atoms with van der Waals surface area (Å²) >= 11 is 0. The van der Waals surface area contributed by atoms with Crippen LogP contribution in [0.3, 0.4) is 0 Å². The van der Waals surface area contributed by atoms with E-state index in [1.807, 2.05) is 14.1 Å². The van der Waals surface area contributed by atoms with Crippen LogP contribution in [0.4, 0.5) is 11.6 Å². The summed E-state index contributed by atoms with van der Waals surface area (Å²) in [5.41, 5.74) is 6.32. The minimum absolute atomic E-state index is 0.101. The van der Waals surface area contributed by atoms with Crippen LogP contribution in [-0.2, 0) is 0 Å². The van der Waals surface area contributed by atoms with Gasteiger partial charge in [0.1, 0.15) is 17.5 Å². The first-order valence-corrected chi connectivity index (χ1v) is 5.69. The van der Waals surface area contributed by atoms with Crippen molar-refractivity contribution in [2.24, 2.45) is 0 Å². The molecule has 6 heteroatoms. The normalized spacial score (nSPS) is 23.6. The van der Waals surface area contributed by atoms with Gasteiger partial charge in [-0.3, -0.25) is 0 Å². The number of nitrogens with zero attached hydrogens (tertiary/aromatic N) is 4. The standard InChI is InChI=1S/C11H17N5O/c1-15(2)11-7(6-12)10(13)16(14-11)8-4-3-5-9(8)17/h8-9,17H,3-5,13H2,1-2H3. The molecule has 92 valence electrons. The van der Waals surface area contributed by atoms with Crippen molar-refractivity contribution in [2.75, 3.05) is 24.7 Å². The summed E-state index contributed by atoms with van der Waals surface area (Å²) in [4.78, 5) is 1.76. The van der Waals surface area contributed by atoms with Gasteiger partial charge in [-0.25, -0.2) is 4.68 Å². The number of nitrogens with two attached hydrogens (primary N) is 1. The molecule has 0 amide bonds. The lowest BCUT2D eigenvalue weighted by molar-refractivity contribution is 0.131. The molecule has 1 saturated carbocycles. The maximum atomic E-state index is 9.87. The maximum Gasteiger partial charge on any atom is 0.170 e. The first-order chi connectivity index (χ1) is 8.06. The predicted octanol–water partition coefficient (Wildman–Crippen LogP) is 0.489. The molecule has 0 aromatic carbocycles. The van der Waals surface area contributed by atoms with Crippen molar-refractivity contribution in [2.45, 2.75) is 31.4 Å². The van der Waals surface area contributed by atoms with Crippen LogP contribution in [0.25, 0.3) is 0 Å². The van der Waals surface area contributed by atoms with Gasteiger partial charge in [0.2, 0.25) is 0 Å². The van der Waals surface area contributed by atoms with Gasteiger partial charge in [-0.05, 0) is 19.3 Å². The van der Waals surface area contributed by atoms with Gasteiger partial charge in [0.25, 0.3) is 0 Å². The van der Waals surface area contributed by atoms with E-state index >= 15 is 0 Å². The number of nitrogen functional groups attached to an aromatic ring is 1. The van der Waals surface area contributed by atoms with E-state index in [4.69, 9.17) is 11.0 Å². The van der Waals surface area contributed by atoms with E-state index in [9.17, 15) is 5.11 Å². The van der Waals surface area contributed by atoms with Gasteiger partial charge < -0.3 is 15.7 Å². The zero-order chi connectivity index (χ0) is 12.6. The van der Waals surface area contributed by atoms with Crippen molar-refractivity contribution < 1.29 is 5.11 Å². The van der Waals surface area contributed by atoms with Crippen LogP contribution >= 0.6 is 0 Å². The smallest absolute Gasteiger partial charge is 0.170 e. The highest BCUT2D eigenvalue weighted by Crippen LogP contribution is 2.34. The average Bonchev–Trinajstić information content (AvgIpc) is 2.82. The second-order valence-corrected chi connectivity index (χ2v) is 4.60. The van der Waals surface area contributed by atoms with Gasteiger partial charge >= 0.3 is 0 Å². The Kier molecular flexibility index (Phi) is 2.94. The number of aliphatic hydroxyl groups excluding tert-OH is 1. The number of hydrogen-bond donors (Lipinski definition) is 2. The lowest BCUT2D eigenvalue weighted by atomic mass is 10.2. The van der Waals surface area contributed by atoms with Crippen molar-refractivity contribution in [3.05, 3.63) is 5.56 Å². The summed E-state index contributed by atoms with van der Waals surface area (Å²) in [5, 5.41) is 23.3. The third-order valence-corrected chi connectivity index (χ3v) is 3.22. The molecular formula is C11H17N5O. The van der Waals surface area contributed by atoms with E-state index < -0.39 is 6.10 Å². The van der Waals surface area contributed by atoms with Gasteiger partial charge in [0.15, 0.2) is 5.82 Å². The zero-order valence-electron chi connectivity index (χ0n) is 10.1. The number of hydrogen-bond acceptors (Lipinski definition) is 5. The Bertz CT molecular complexity index is 459. The topological polar surface area (TPSA) is 91.1 Å². The molecule has 1 fully saturated rings. The summed E-state index contributed by atoms with van der Waals surface area (Å²) in [7, 11) is 3.63. The SMILES string of the molecule is CN(C)c1nn(C2CCCC2O)c(N)c1C#N. The highest BCUT2D eigenvalue weighted by atomic mass is 16.3. The molecule has 0 aliphatic heterocycles. The van der Waals surface area contributed by atoms with E-state index in [1.165, 1.54) is 0 Å². The molecule has 1 aromatic heterocycles. The Morgan fingerprint density at radius 2 is 2.24 bits per heavy atom. The minimum Gasteiger partial charge on any atom is -0.391 e. The Hall–Kier alpha value is -1.74. The van der Waals surface area contributed by atoms with Gasteiger partial charge in [0, 0.05) is 14.1 Å². The van der Waals surface area contributed by atoms with E-state index in [0.29, 0.717) is 17.2 Å². The first-order valence-electron chi connectivity index (χ1n) is 5.69. The van der Waals surface area contributed by atoms with E-state index in [2.05, 4.69) is 11.2 Å². The second-order valence-electron chi connectivity index (χ2n) is 4.60. The van der Waals surface area contributed by atoms with Crippen LogP contribution in [0.2, 0.25) is 0 Å². The minimum atomic E-state index is -0.418. The quantitative estimate of drug-likeness (QED) is 0.778. The fourth-order valence-electron chi connectivity index (χ4n) is 2.31. The van der Waals surface area contributed by atoms with Gasteiger partial charge in [-0.2, -0.15) is 10.4 Å². The van der Waals surface area contributed by atoms with Gasteiger partial charge in [-0.15, -0.1) is 0 Å². The van der Waals surface area contributed by atoms with Crippen LogP contribution in [0, 0.1) is 11.3 Å². The Labute approximate surface area is 100 Å². The molecule has 2 atom stereocenters. The number of anilines is 2. The highest BCUT2D eigenvalue weighted by molar-refractivity contribution is 5.64. The van der Waals surface area contributed by atoms with Crippen LogP contribution in [0.5, 0.6) is 0 Å². The fraction of sp³-hybridized carbons (Fsp3) is 0.636. The Balaban J connectivity index is 2.46. The maximum absolute atomic E-state index is 9.87. The largest absolute Gasteiger partial charge is 0.391 e. The van der Waals surface area contributed by atoms with Crippen molar-refractivity contribution >= 4 is 11.6 Å². The number of aliphatic hydroxyl groups is 1.